The molecule has 0 bridgehead atoms. The largest absolute Gasteiger partial charge is 0.388 e. The first-order valence-electron chi connectivity index (χ1n) is 13.0. The van der Waals surface area contributed by atoms with E-state index in [1.165, 1.54) is 49.8 Å². The van der Waals surface area contributed by atoms with Crippen molar-refractivity contribution in [3.05, 3.63) is 70.5 Å². The highest BCUT2D eigenvalue weighted by Crippen LogP contribution is 2.57. The molecule has 0 radical (unpaired) electrons. The van der Waals surface area contributed by atoms with Gasteiger partial charge in [0.2, 0.25) is 0 Å². The summed E-state index contributed by atoms with van der Waals surface area (Å²) in [5.41, 5.74) is 6.04. The highest BCUT2D eigenvalue weighted by Gasteiger charge is 2.51. The third-order valence-corrected chi connectivity index (χ3v) is 8.78. The van der Waals surface area contributed by atoms with Crippen molar-refractivity contribution < 1.29 is 9.50 Å². The monoisotopic (exact) mass is 451 g/mol. The Morgan fingerprint density at radius 1 is 1.06 bits per heavy atom. The van der Waals surface area contributed by atoms with E-state index in [9.17, 15) is 9.50 Å². The Hall–Kier alpha value is -1.71. The molecule has 4 rings (SSSR count). The van der Waals surface area contributed by atoms with Crippen molar-refractivity contribution in [2.75, 3.05) is 13.1 Å². The lowest BCUT2D eigenvalue weighted by Gasteiger charge is -2.55. The predicted molar refractivity (Wildman–Crippen MR) is 135 cm³/mol. The van der Waals surface area contributed by atoms with Crippen molar-refractivity contribution in [1.82, 2.24) is 5.32 Å². The molecule has 0 amide bonds. The first-order valence-corrected chi connectivity index (χ1v) is 13.0. The standard InChI is InChI=1S/C30H42FNO/c1-21(2)23-10-14-26-24(19-23)11-15-28-29(3,16-6-17-30(26,28)4)20-32-18-5-7-27(33)22-8-12-25(31)13-9-22/h8-10,12-14,19,21,27-28,32-33H,5-7,11,15-18,20H2,1-4H3/t27?,28-,29-,30+/m0/s1. The highest BCUT2D eigenvalue weighted by atomic mass is 19.1. The van der Waals surface area contributed by atoms with Gasteiger partial charge in [0.25, 0.3) is 0 Å². The summed E-state index contributed by atoms with van der Waals surface area (Å²) in [4.78, 5) is 0. The van der Waals surface area contributed by atoms with Gasteiger partial charge in [-0.2, -0.15) is 0 Å². The number of rotatable bonds is 8. The number of halogens is 1. The molecule has 0 spiro atoms. The fourth-order valence-corrected chi connectivity index (χ4v) is 6.86. The molecule has 0 aromatic heterocycles. The second-order valence-corrected chi connectivity index (χ2v) is 11.5. The van der Waals surface area contributed by atoms with Gasteiger partial charge in [-0.05, 0) is 102 Å². The first-order chi connectivity index (χ1) is 15.7. The summed E-state index contributed by atoms with van der Waals surface area (Å²) in [7, 11) is 0. The molecule has 2 nitrogen and oxygen atoms in total. The maximum atomic E-state index is 13.1. The number of nitrogens with one attached hydrogen (secondary N) is 1. The van der Waals surface area contributed by atoms with Crippen molar-refractivity contribution in [1.29, 1.82) is 0 Å². The summed E-state index contributed by atoms with van der Waals surface area (Å²) in [6, 6.07) is 13.5. The van der Waals surface area contributed by atoms with Gasteiger partial charge in [-0.1, -0.05) is 64.4 Å². The minimum Gasteiger partial charge on any atom is -0.388 e. The van der Waals surface area contributed by atoms with Crippen molar-refractivity contribution in [3.8, 4) is 0 Å². The van der Waals surface area contributed by atoms with Crippen LogP contribution in [0.2, 0.25) is 0 Å². The van der Waals surface area contributed by atoms with Crippen LogP contribution in [-0.4, -0.2) is 18.2 Å². The minimum absolute atomic E-state index is 0.258. The zero-order valence-electron chi connectivity index (χ0n) is 21.0. The molecule has 2 N–H and O–H groups in total. The van der Waals surface area contributed by atoms with Crippen molar-refractivity contribution in [3.63, 3.8) is 0 Å². The van der Waals surface area contributed by atoms with Crippen LogP contribution < -0.4 is 5.32 Å². The van der Waals surface area contributed by atoms with Crippen LogP contribution in [0.15, 0.2) is 42.5 Å². The Kier molecular flexibility index (Phi) is 7.31. The molecule has 180 valence electrons. The molecular formula is C30H42FNO. The molecule has 2 aliphatic rings. The lowest BCUT2D eigenvalue weighted by atomic mass is 9.49. The summed E-state index contributed by atoms with van der Waals surface area (Å²) in [6.45, 7) is 11.6. The third kappa shape index (κ3) is 5.05. The number of benzene rings is 2. The van der Waals surface area contributed by atoms with Crippen LogP contribution in [-0.2, 0) is 11.8 Å². The van der Waals surface area contributed by atoms with Crippen LogP contribution in [0, 0.1) is 17.2 Å². The molecule has 0 saturated heterocycles. The van der Waals surface area contributed by atoms with Gasteiger partial charge in [-0.25, -0.2) is 4.39 Å². The molecule has 4 atom stereocenters. The van der Waals surface area contributed by atoms with E-state index >= 15 is 0 Å². The van der Waals surface area contributed by atoms with E-state index in [2.05, 4.69) is 51.2 Å². The molecule has 0 heterocycles. The van der Waals surface area contributed by atoms with Gasteiger partial charge in [0.15, 0.2) is 0 Å². The zero-order valence-corrected chi connectivity index (χ0v) is 21.0. The van der Waals surface area contributed by atoms with Gasteiger partial charge in [0.05, 0.1) is 6.10 Å². The Bertz CT molecular complexity index is 939. The Labute approximate surface area is 200 Å². The fourth-order valence-electron chi connectivity index (χ4n) is 6.86. The van der Waals surface area contributed by atoms with Crippen LogP contribution in [0.3, 0.4) is 0 Å². The molecule has 0 aliphatic heterocycles. The van der Waals surface area contributed by atoms with Crippen molar-refractivity contribution in [2.45, 2.75) is 90.1 Å². The van der Waals surface area contributed by atoms with Crippen LogP contribution in [0.4, 0.5) is 4.39 Å². The first kappa shape index (κ1) is 24.4. The number of aryl methyl sites for hydroxylation is 1. The van der Waals surface area contributed by atoms with E-state index in [0.29, 0.717) is 23.7 Å². The van der Waals surface area contributed by atoms with E-state index in [1.807, 2.05) is 0 Å². The number of aliphatic hydroxyl groups is 1. The second kappa shape index (κ2) is 9.88. The molecule has 1 saturated carbocycles. The normalized spacial score (nSPS) is 27.8. The lowest BCUT2D eigenvalue weighted by molar-refractivity contribution is 0.0258. The Morgan fingerprint density at radius 3 is 2.52 bits per heavy atom. The summed E-state index contributed by atoms with van der Waals surface area (Å²) in [5.74, 6) is 1.03. The van der Waals surface area contributed by atoms with Crippen molar-refractivity contribution in [2.24, 2.45) is 11.3 Å². The molecule has 2 aromatic rings. The average molecular weight is 452 g/mol. The average Bonchev–Trinajstić information content (AvgIpc) is 2.78. The number of hydrogen-bond acceptors (Lipinski definition) is 2. The van der Waals surface area contributed by atoms with Crippen LogP contribution >= 0.6 is 0 Å². The summed E-state index contributed by atoms with van der Waals surface area (Å²) >= 11 is 0. The van der Waals surface area contributed by atoms with E-state index in [4.69, 9.17) is 0 Å². The van der Waals surface area contributed by atoms with Gasteiger partial charge in [0, 0.05) is 6.54 Å². The second-order valence-electron chi connectivity index (χ2n) is 11.5. The van der Waals surface area contributed by atoms with E-state index in [0.717, 1.165) is 25.1 Å². The van der Waals surface area contributed by atoms with E-state index < -0.39 is 6.10 Å². The van der Waals surface area contributed by atoms with E-state index in [1.54, 1.807) is 23.3 Å². The van der Waals surface area contributed by atoms with Gasteiger partial charge >= 0.3 is 0 Å². The molecule has 2 aromatic carbocycles. The molecule has 3 heteroatoms. The molecule has 33 heavy (non-hydrogen) atoms. The van der Waals surface area contributed by atoms with Crippen LogP contribution in [0.25, 0.3) is 0 Å². The summed E-state index contributed by atoms with van der Waals surface area (Å²) < 4.78 is 13.1. The number of fused-ring (bicyclic) bond motifs is 3. The van der Waals surface area contributed by atoms with Crippen LogP contribution in [0.5, 0.6) is 0 Å². The Balaban J connectivity index is 1.35. The van der Waals surface area contributed by atoms with Gasteiger partial charge in [0.1, 0.15) is 5.82 Å². The predicted octanol–water partition coefficient (Wildman–Crippen LogP) is 7.06. The van der Waals surface area contributed by atoms with Crippen LogP contribution in [0.1, 0.15) is 100 Å². The molecule has 1 fully saturated rings. The third-order valence-electron chi connectivity index (χ3n) is 8.78. The SMILES string of the molecule is CC(C)c1ccc2c(c1)CC[C@H]1[C@](C)(CNCCCC(O)c3ccc(F)cc3)CCC[C@]21C. The van der Waals surface area contributed by atoms with Crippen molar-refractivity contribution >= 4 is 0 Å². The van der Waals surface area contributed by atoms with Gasteiger partial charge in [-0.3, -0.25) is 0 Å². The topological polar surface area (TPSA) is 32.3 Å². The minimum atomic E-state index is -0.522. The van der Waals surface area contributed by atoms with Gasteiger partial charge in [-0.15, -0.1) is 0 Å². The van der Waals surface area contributed by atoms with Gasteiger partial charge < -0.3 is 10.4 Å². The molecule has 1 unspecified atom stereocenters. The maximum absolute atomic E-state index is 13.1. The fraction of sp³-hybridized carbons (Fsp3) is 0.600. The number of aliphatic hydroxyl groups excluding tert-OH is 1. The highest BCUT2D eigenvalue weighted by molar-refractivity contribution is 5.42. The quantitative estimate of drug-likeness (QED) is 0.421. The summed E-state index contributed by atoms with van der Waals surface area (Å²) in [5, 5.41) is 14.1. The maximum Gasteiger partial charge on any atom is 0.123 e. The zero-order chi connectivity index (χ0) is 23.6. The Morgan fingerprint density at radius 2 is 1.79 bits per heavy atom. The molecule has 2 aliphatic carbocycles. The smallest absolute Gasteiger partial charge is 0.123 e. The number of hydrogen-bond donors (Lipinski definition) is 2. The summed E-state index contributed by atoms with van der Waals surface area (Å²) in [6.07, 6.45) is 7.45. The molecular weight excluding hydrogens is 409 g/mol. The lowest BCUT2D eigenvalue weighted by Crippen LogP contribution is -2.52. The van der Waals surface area contributed by atoms with E-state index in [-0.39, 0.29) is 11.2 Å².